The van der Waals surface area contributed by atoms with Crippen LogP contribution in [-0.2, 0) is 28.9 Å². The van der Waals surface area contributed by atoms with E-state index in [1.165, 1.54) is 28.1 Å². The van der Waals surface area contributed by atoms with Crippen LogP contribution in [0.2, 0.25) is 0 Å². The first-order chi connectivity index (χ1) is 15.1. The molecule has 7 heteroatoms. The first-order valence-electron chi connectivity index (χ1n) is 11.0. The SMILES string of the molecule is CCc1ccc(C2CC3C(=O)N(CC(=O)Nc4ccc5c(c4)CCC5)N=CN3N2)cc1. The summed E-state index contributed by atoms with van der Waals surface area (Å²) < 4.78 is 0. The second-order valence-corrected chi connectivity index (χ2v) is 8.45. The third-order valence-corrected chi connectivity index (χ3v) is 6.42. The van der Waals surface area contributed by atoms with Crippen molar-refractivity contribution in [2.24, 2.45) is 5.10 Å². The maximum Gasteiger partial charge on any atom is 0.267 e. The Bertz CT molecular complexity index is 1030. The van der Waals surface area contributed by atoms with E-state index in [4.69, 9.17) is 0 Å². The maximum atomic E-state index is 13.0. The molecule has 1 fully saturated rings. The summed E-state index contributed by atoms with van der Waals surface area (Å²) in [5.41, 5.74) is 9.23. The Balaban J connectivity index is 1.21. The molecule has 1 saturated heterocycles. The number of hydrogen-bond acceptors (Lipinski definition) is 5. The lowest BCUT2D eigenvalue weighted by atomic mass is 9.99. The number of benzene rings is 2. The zero-order valence-corrected chi connectivity index (χ0v) is 17.7. The third kappa shape index (κ3) is 3.93. The molecule has 5 rings (SSSR count). The molecule has 0 bridgehead atoms. The van der Waals surface area contributed by atoms with Crippen molar-refractivity contribution in [2.45, 2.75) is 51.1 Å². The number of anilines is 1. The second-order valence-electron chi connectivity index (χ2n) is 8.45. The molecule has 1 aliphatic carbocycles. The van der Waals surface area contributed by atoms with Crippen molar-refractivity contribution in [1.82, 2.24) is 15.4 Å². The molecule has 2 atom stereocenters. The molecule has 2 unspecified atom stereocenters. The summed E-state index contributed by atoms with van der Waals surface area (Å²) in [4.78, 5) is 25.5. The summed E-state index contributed by atoms with van der Waals surface area (Å²) in [6, 6.07) is 14.2. The zero-order valence-electron chi connectivity index (χ0n) is 17.7. The molecule has 0 spiro atoms. The van der Waals surface area contributed by atoms with Crippen LogP contribution in [0.15, 0.2) is 47.6 Å². The Labute approximate surface area is 182 Å². The van der Waals surface area contributed by atoms with E-state index < -0.39 is 0 Å². The van der Waals surface area contributed by atoms with Crippen LogP contribution in [0.4, 0.5) is 5.69 Å². The maximum absolute atomic E-state index is 13.0. The fourth-order valence-corrected chi connectivity index (χ4v) is 4.64. The zero-order chi connectivity index (χ0) is 21.4. The summed E-state index contributed by atoms with van der Waals surface area (Å²) >= 11 is 0. The van der Waals surface area contributed by atoms with Gasteiger partial charge in [-0.15, -0.1) is 0 Å². The first-order valence-corrected chi connectivity index (χ1v) is 11.0. The minimum absolute atomic E-state index is 0.0477. The van der Waals surface area contributed by atoms with Gasteiger partial charge in [0.2, 0.25) is 5.91 Å². The molecule has 0 radical (unpaired) electrons. The van der Waals surface area contributed by atoms with Crippen molar-refractivity contribution in [1.29, 1.82) is 0 Å². The van der Waals surface area contributed by atoms with Gasteiger partial charge in [-0.25, -0.2) is 10.4 Å². The second kappa shape index (κ2) is 8.15. The van der Waals surface area contributed by atoms with Crippen LogP contribution < -0.4 is 10.7 Å². The lowest BCUT2D eigenvalue weighted by molar-refractivity contribution is -0.139. The number of amides is 2. The average Bonchev–Trinajstić information content (AvgIpc) is 3.43. The number of hydrogen-bond donors (Lipinski definition) is 2. The highest BCUT2D eigenvalue weighted by atomic mass is 16.2. The Morgan fingerprint density at radius 3 is 2.77 bits per heavy atom. The van der Waals surface area contributed by atoms with E-state index in [9.17, 15) is 9.59 Å². The highest BCUT2D eigenvalue weighted by molar-refractivity contribution is 5.96. The minimum atomic E-state index is -0.360. The number of hydrazine groups is 1. The van der Waals surface area contributed by atoms with Gasteiger partial charge < -0.3 is 5.32 Å². The number of carbonyl (C=O) groups excluding carboxylic acids is 2. The number of hydrazone groups is 1. The Morgan fingerprint density at radius 2 is 1.97 bits per heavy atom. The van der Waals surface area contributed by atoms with Crippen LogP contribution in [0.5, 0.6) is 0 Å². The Morgan fingerprint density at radius 1 is 1.16 bits per heavy atom. The molecule has 0 saturated carbocycles. The van der Waals surface area contributed by atoms with Gasteiger partial charge in [-0.05, 0) is 66.5 Å². The van der Waals surface area contributed by atoms with Crippen LogP contribution in [0.1, 0.15) is 48.1 Å². The van der Waals surface area contributed by atoms with Gasteiger partial charge in [0, 0.05) is 5.69 Å². The van der Waals surface area contributed by atoms with Gasteiger partial charge >= 0.3 is 0 Å². The molecular formula is C24H27N5O2. The first kappa shape index (κ1) is 19.8. The molecule has 31 heavy (non-hydrogen) atoms. The van der Waals surface area contributed by atoms with Crippen molar-refractivity contribution >= 4 is 23.8 Å². The summed E-state index contributed by atoms with van der Waals surface area (Å²) in [6.07, 6.45) is 6.57. The molecular weight excluding hydrogens is 390 g/mol. The molecule has 2 amide bonds. The molecule has 2 aliphatic heterocycles. The van der Waals surface area contributed by atoms with E-state index in [1.807, 2.05) is 12.1 Å². The molecule has 160 valence electrons. The van der Waals surface area contributed by atoms with Gasteiger partial charge in [-0.3, -0.25) is 14.6 Å². The van der Waals surface area contributed by atoms with Crippen molar-refractivity contribution in [3.05, 3.63) is 64.7 Å². The minimum Gasteiger partial charge on any atom is -0.324 e. The van der Waals surface area contributed by atoms with E-state index >= 15 is 0 Å². The lowest BCUT2D eigenvalue weighted by Gasteiger charge is -2.29. The summed E-state index contributed by atoms with van der Waals surface area (Å²) in [6.45, 7) is 2.04. The van der Waals surface area contributed by atoms with Crippen LogP contribution in [0.25, 0.3) is 0 Å². The third-order valence-electron chi connectivity index (χ3n) is 6.42. The lowest BCUT2D eigenvalue weighted by Crippen LogP contribution is -2.52. The van der Waals surface area contributed by atoms with E-state index in [1.54, 1.807) is 11.3 Å². The molecule has 2 aromatic rings. The largest absolute Gasteiger partial charge is 0.324 e. The quantitative estimate of drug-likeness (QED) is 0.784. The predicted octanol–water partition coefficient (Wildman–Crippen LogP) is 2.78. The van der Waals surface area contributed by atoms with E-state index in [-0.39, 0.29) is 30.4 Å². The molecule has 2 aromatic carbocycles. The fraction of sp³-hybridized carbons (Fsp3) is 0.375. The molecule has 2 heterocycles. The Kier molecular flexibility index (Phi) is 5.19. The van der Waals surface area contributed by atoms with E-state index in [0.29, 0.717) is 6.42 Å². The van der Waals surface area contributed by atoms with E-state index in [0.717, 1.165) is 30.5 Å². The number of rotatable bonds is 5. The van der Waals surface area contributed by atoms with Crippen LogP contribution in [0.3, 0.4) is 0 Å². The number of carbonyl (C=O) groups is 2. The van der Waals surface area contributed by atoms with Crippen molar-refractivity contribution in [2.75, 3.05) is 11.9 Å². The highest BCUT2D eigenvalue weighted by Crippen LogP contribution is 2.30. The van der Waals surface area contributed by atoms with Crippen molar-refractivity contribution < 1.29 is 9.59 Å². The van der Waals surface area contributed by atoms with Crippen molar-refractivity contribution in [3.8, 4) is 0 Å². The number of nitrogens with zero attached hydrogens (tertiary/aromatic N) is 3. The topological polar surface area (TPSA) is 77.0 Å². The van der Waals surface area contributed by atoms with Gasteiger partial charge in [0.05, 0.1) is 6.04 Å². The molecule has 2 N–H and O–H groups in total. The van der Waals surface area contributed by atoms with Crippen LogP contribution in [0, 0.1) is 0 Å². The molecule has 7 nitrogen and oxygen atoms in total. The summed E-state index contributed by atoms with van der Waals surface area (Å²) in [5.74, 6) is -0.402. The monoisotopic (exact) mass is 417 g/mol. The summed E-state index contributed by atoms with van der Waals surface area (Å²) in [7, 11) is 0. The van der Waals surface area contributed by atoms with Crippen LogP contribution >= 0.6 is 0 Å². The van der Waals surface area contributed by atoms with Crippen molar-refractivity contribution in [3.63, 3.8) is 0 Å². The van der Waals surface area contributed by atoms with Gasteiger partial charge in [0.15, 0.2) is 0 Å². The van der Waals surface area contributed by atoms with Gasteiger partial charge in [-0.1, -0.05) is 37.3 Å². The smallest absolute Gasteiger partial charge is 0.267 e. The van der Waals surface area contributed by atoms with Gasteiger partial charge in [0.1, 0.15) is 18.9 Å². The number of fused-ring (bicyclic) bond motifs is 2. The standard InChI is InChI=1S/C24H27N5O2/c1-2-16-6-8-18(9-7-16)21-13-22-24(31)28(25-15-29(22)27-21)14-23(30)26-20-11-10-17-4-3-5-19(17)12-20/h6-12,15,21-22,27H,2-5,13-14H2,1H3,(H,26,30). The predicted molar refractivity (Wildman–Crippen MR) is 119 cm³/mol. The van der Waals surface area contributed by atoms with E-state index in [2.05, 4.69) is 53.1 Å². The average molecular weight is 418 g/mol. The highest BCUT2D eigenvalue weighted by Gasteiger charge is 2.41. The number of nitrogens with one attached hydrogen (secondary N) is 2. The molecule has 3 aliphatic rings. The van der Waals surface area contributed by atoms with Crippen LogP contribution in [-0.4, -0.2) is 40.8 Å². The normalized spacial score (nSPS) is 21.9. The Hall–Kier alpha value is -3.19. The van der Waals surface area contributed by atoms with Gasteiger partial charge in [-0.2, -0.15) is 5.10 Å². The fourth-order valence-electron chi connectivity index (χ4n) is 4.64. The summed E-state index contributed by atoms with van der Waals surface area (Å²) in [5, 5.41) is 10.1. The number of aryl methyl sites for hydroxylation is 3. The molecule has 0 aromatic heterocycles. The van der Waals surface area contributed by atoms with Gasteiger partial charge in [0.25, 0.3) is 5.91 Å².